The molecule has 2 nitrogen and oxygen atoms in total. The van der Waals surface area contributed by atoms with Crippen LogP contribution in [-0.2, 0) is 0 Å². The van der Waals surface area contributed by atoms with Crippen molar-refractivity contribution in [2.75, 3.05) is 12.6 Å². The third kappa shape index (κ3) is 2.92. The molecule has 0 saturated heterocycles. The number of nitrogens with two attached hydrogens (primary N) is 1. The molecule has 0 heterocycles. The van der Waals surface area contributed by atoms with Crippen LogP contribution in [0.3, 0.4) is 0 Å². The van der Waals surface area contributed by atoms with Gasteiger partial charge in [0.2, 0.25) is 12.7 Å². The minimum absolute atomic E-state index is 0.329. The molecule has 0 aliphatic rings. The summed E-state index contributed by atoms with van der Waals surface area (Å²) < 4.78 is 43.5. The Labute approximate surface area is 110 Å². The first kappa shape index (κ1) is 15.1. The number of benzene rings is 2. The number of anilines is 1. The lowest BCUT2D eigenvalue weighted by Gasteiger charge is -2.11. The van der Waals surface area contributed by atoms with Crippen molar-refractivity contribution in [3.05, 3.63) is 35.4 Å². The molecule has 0 aliphatic carbocycles. The molecule has 104 valence electrons. The zero-order chi connectivity index (χ0) is 14.6. The number of ether oxygens (including phenoxy) is 1. The third-order valence-corrected chi connectivity index (χ3v) is 2.51. The molecular weight excluding hydrogens is 255 g/mol. The van der Waals surface area contributed by atoms with Crippen molar-refractivity contribution in [1.29, 1.82) is 0 Å². The number of halogens is 3. The van der Waals surface area contributed by atoms with E-state index >= 15 is 0 Å². The van der Waals surface area contributed by atoms with Crippen molar-refractivity contribution in [2.45, 2.75) is 20.8 Å². The monoisotopic (exact) mass is 271 g/mol. The van der Waals surface area contributed by atoms with E-state index in [2.05, 4.69) is 4.74 Å². The molecule has 2 aromatic carbocycles. The van der Waals surface area contributed by atoms with Gasteiger partial charge in [-0.05, 0) is 36.1 Å². The van der Waals surface area contributed by atoms with E-state index in [0.29, 0.717) is 22.0 Å². The van der Waals surface area contributed by atoms with Gasteiger partial charge in [0.05, 0.1) is 0 Å². The molecule has 0 saturated carbocycles. The Balaban J connectivity index is 0.000000861. The lowest BCUT2D eigenvalue weighted by Crippen LogP contribution is -1.99. The van der Waals surface area contributed by atoms with Crippen LogP contribution in [0.15, 0.2) is 18.2 Å². The SMILES string of the molecule is CC.Cc1cc(N)cc2cc(F)c(F)c(OCF)c12. The van der Waals surface area contributed by atoms with Crippen molar-refractivity contribution in [3.63, 3.8) is 0 Å². The largest absolute Gasteiger partial charge is 0.459 e. The number of rotatable bonds is 2. The standard InChI is InChI=1S/C12H10F3NO.C2H6/c1-6-2-8(16)3-7-4-9(14)11(15)12(10(6)7)17-5-13;1-2/h2-4H,5,16H2,1H3;1-2H3. The summed E-state index contributed by atoms with van der Waals surface area (Å²) in [4.78, 5) is 0. The van der Waals surface area contributed by atoms with E-state index < -0.39 is 24.2 Å². The van der Waals surface area contributed by atoms with Gasteiger partial charge < -0.3 is 10.5 Å². The van der Waals surface area contributed by atoms with Gasteiger partial charge in [0.25, 0.3) is 0 Å². The lowest BCUT2D eigenvalue weighted by atomic mass is 10.0. The van der Waals surface area contributed by atoms with Crippen LogP contribution in [0.25, 0.3) is 10.8 Å². The van der Waals surface area contributed by atoms with Gasteiger partial charge in [-0.15, -0.1) is 0 Å². The molecule has 5 heteroatoms. The highest BCUT2D eigenvalue weighted by Gasteiger charge is 2.17. The topological polar surface area (TPSA) is 35.2 Å². The normalized spacial score (nSPS) is 10.0. The fraction of sp³-hybridized carbons (Fsp3) is 0.286. The summed E-state index contributed by atoms with van der Waals surface area (Å²) in [5.41, 5.74) is 6.63. The van der Waals surface area contributed by atoms with Gasteiger partial charge in [0, 0.05) is 11.1 Å². The molecule has 0 unspecified atom stereocenters. The Hall–Kier alpha value is -1.91. The van der Waals surface area contributed by atoms with E-state index in [-0.39, 0.29) is 0 Å². The molecule has 19 heavy (non-hydrogen) atoms. The van der Waals surface area contributed by atoms with Crippen LogP contribution in [0.1, 0.15) is 19.4 Å². The van der Waals surface area contributed by atoms with Crippen molar-refractivity contribution < 1.29 is 17.9 Å². The molecule has 2 N–H and O–H groups in total. The van der Waals surface area contributed by atoms with E-state index in [1.807, 2.05) is 13.8 Å². The Morgan fingerprint density at radius 2 is 1.79 bits per heavy atom. The third-order valence-electron chi connectivity index (χ3n) is 2.51. The molecule has 0 fully saturated rings. The number of hydrogen-bond acceptors (Lipinski definition) is 2. The van der Waals surface area contributed by atoms with Crippen LogP contribution < -0.4 is 10.5 Å². The maximum atomic E-state index is 13.5. The molecule has 0 aromatic heterocycles. The molecule has 0 bridgehead atoms. The number of nitrogen functional groups attached to an aromatic ring is 1. The Morgan fingerprint density at radius 3 is 2.37 bits per heavy atom. The van der Waals surface area contributed by atoms with Gasteiger partial charge in [0.15, 0.2) is 11.6 Å². The van der Waals surface area contributed by atoms with E-state index in [0.717, 1.165) is 6.07 Å². The Bertz CT molecular complexity index is 585. The van der Waals surface area contributed by atoms with Crippen LogP contribution in [0.4, 0.5) is 18.9 Å². The maximum Gasteiger partial charge on any atom is 0.228 e. The van der Waals surface area contributed by atoms with Crippen LogP contribution in [-0.4, -0.2) is 6.86 Å². The van der Waals surface area contributed by atoms with E-state index in [4.69, 9.17) is 5.73 Å². The summed E-state index contributed by atoms with van der Waals surface area (Å²) in [5.74, 6) is -2.70. The summed E-state index contributed by atoms with van der Waals surface area (Å²) >= 11 is 0. The number of hydrogen-bond donors (Lipinski definition) is 1. The predicted molar refractivity (Wildman–Crippen MR) is 71.0 cm³/mol. The zero-order valence-corrected chi connectivity index (χ0v) is 11.1. The first-order chi connectivity index (χ1) is 9.04. The summed E-state index contributed by atoms with van der Waals surface area (Å²) in [6.07, 6.45) is 0. The first-order valence-electron chi connectivity index (χ1n) is 5.91. The molecule has 2 rings (SSSR count). The minimum atomic E-state index is -1.22. The van der Waals surface area contributed by atoms with Gasteiger partial charge in [-0.25, -0.2) is 8.78 Å². The summed E-state index contributed by atoms with van der Waals surface area (Å²) in [5, 5.41) is 0.709. The molecule has 0 spiro atoms. The maximum absolute atomic E-state index is 13.5. The van der Waals surface area contributed by atoms with Crippen molar-refractivity contribution in [2.24, 2.45) is 0 Å². The zero-order valence-electron chi connectivity index (χ0n) is 11.1. The van der Waals surface area contributed by atoms with Crippen LogP contribution >= 0.6 is 0 Å². The van der Waals surface area contributed by atoms with Crippen LogP contribution in [0.2, 0.25) is 0 Å². The molecule has 2 aromatic rings. The Morgan fingerprint density at radius 1 is 1.16 bits per heavy atom. The molecule has 0 radical (unpaired) electrons. The van der Waals surface area contributed by atoms with Crippen molar-refractivity contribution >= 4 is 16.5 Å². The summed E-state index contributed by atoms with van der Waals surface area (Å²) in [6, 6.07) is 4.08. The van der Waals surface area contributed by atoms with Gasteiger partial charge in [-0.2, -0.15) is 4.39 Å². The smallest absolute Gasteiger partial charge is 0.228 e. The second-order valence-electron chi connectivity index (χ2n) is 3.69. The quantitative estimate of drug-likeness (QED) is 0.824. The van der Waals surface area contributed by atoms with Gasteiger partial charge in [0.1, 0.15) is 0 Å². The van der Waals surface area contributed by atoms with Crippen LogP contribution in [0.5, 0.6) is 5.75 Å². The number of fused-ring (bicyclic) bond motifs is 1. The molecule has 0 atom stereocenters. The highest BCUT2D eigenvalue weighted by atomic mass is 19.2. The molecule has 0 amide bonds. The second-order valence-corrected chi connectivity index (χ2v) is 3.69. The lowest BCUT2D eigenvalue weighted by molar-refractivity contribution is 0.185. The van der Waals surface area contributed by atoms with Gasteiger partial charge >= 0.3 is 0 Å². The summed E-state index contributed by atoms with van der Waals surface area (Å²) in [7, 11) is 0. The van der Waals surface area contributed by atoms with Gasteiger partial charge in [-0.1, -0.05) is 13.8 Å². The number of alkyl halides is 1. The Kier molecular flexibility index (Phi) is 5.03. The van der Waals surface area contributed by atoms with Crippen LogP contribution in [0, 0.1) is 18.6 Å². The number of aryl methyl sites for hydroxylation is 1. The fourth-order valence-electron chi connectivity index (χ4n) is 1.88. The second kappa shape index (κ2) is 6.31. The van der Waals surface area contributed by atoms with Gasteiger partial charge in [-0.3, -0.25) is 0 Å². The molecular formula is C14H16F3NO. The first-order valence-corrected chi connectivity index (χ1v) is 5.91. The van der Waals surface area contributed by atoms with E-state index in [1.165, 1.54) is 6.07 Å². The molecule has 0 aliphatic heterocycles. The highest BCUT2D eigenvalue weighted by molar-refractivity contribution is 5.93. The average molecular weight is 271 g/mol. The fourth-order valence-corrected chi connectivity index (χ4v) is 1.88. The average Bonchev–Trinajstić information content (AvgIpc) is 2.37. The van der Waals surface area contributed by atoms with Crippen molar-refractivity contribution in [1.82, 2.24) is 0 Å². The van der Waals surface area contributed by atoms with E-state index in [9.17, 15) is 13.2 Å². The van der Waals surface area contributed by atoms with E-state index in [1.54, 1.807) is 13.0 Å². The summed E-state index contributed by atoms with van der Waals surface area (Å²) in [6.45, 7) is 4.44. The van der Waals surface area contributed by atoms with Crippen molar-refractivity contribution in [3.8, 4) is 5.75 Å². The predicted octanol–water partition coefficient (Wildman–Crippen LogP) is 4.34. The highest BCUT2D eigenvalue weighted by Crippen LogP contribution is 2.34. The minimum Gasteiger partial charge on any atom is -0.459 e.